The van der Waals surface area contributed by atoms with Crippen LogP contribution >= 0.6 is 0 Å². The molecule has 22 nitrogen and oxygen atoms in total. The molecule has 5 rings (SSSR count). The van der Waals surface area contributed by atoms with E-state index in [1.807, 2.05) is 12.1 Å². The number of aromatic amines is 2. The van der Waals surface area contributed by atoms with Gasteiger partial charge in [-0.2, -0.15) is 0 Å². The first kappa shape index (κ1) is 45.6. The van der Waals surface area contributed by atoms with E-state index in [2.05, 4.69) is 36.6 Å². The summed E-state index contributed by atoms with van der Waals surface area (Å²) in [5, 5.41) is 43.6. The first-order valence-corrected chi connectivity index (χ1v) is 19.3. The lowest BCUT2D eigenvalue weighted by atomic mass is 10.0. The zero-order valence-corrected chi connectivity index (χ0v) is 33.8. The number of benzene rings is 2. The number of phenolic OH excluding ortho intramolecular Hbond substituents is 1. The Bertz CT molecular complexity index is 2460. The lowest BCUT2D eigenvalue weighted by Gasteiger charge is -2.34. The number of carbonyl (C=O) groups excluding carboxylic acids is 5. The number of carbonyl (C=O) groups is 6. The number of nitrogens with one attached hydrogen (secondary N) is 7. The summed E-state index contributed by atoms with van der Waals surface area (Å²) in [6.45, 7) is 2.25. The van der Waals surface area contributed by atoms with Gasteiger partial charge in [0.25, 0.3) is 5.56 Å². The SMILES string of the molecule is CC(NC(=O)NC(Cc1c[nH]c2ccccc12)C(=O)O)C(=O)NC(C(=O)NC=C1CC(O)C(n2ccc(=O)[nH]c2=O)O1)C(C)N(C)C(=O)C(Cc1cccc(O)c1)NC(=O)CN. The van der Waals surface area contributed by atoms with Crippen LogP contribution in [0.2, 0.25) is 0 Å². The van der Waals surface area contributed by atoms with Gasteiger partial charge in [0.15, 0.2) is 0 Å². The molecule has 1 aliphatic rings. The molecule has 12 N–H and O–H groups in total. The Hall–Kier alpha value is -7.46. The number of aromatic nitrogens is 3. The second-order valence-electron chi connectivity index (χ2n) is 14.6. The molecule has 3 heterocycles. The van der Waals surface area contributed by atoms with Crippen LogP contribution in [0.25, 0.3) is 10.9 Å². The number of aliphatic hydroxyl groups excluding tert-OH is 1. The van der Waals surface area contributed by atoms with Gasteiger partial charge >= 0.3 is 17.7 Å². The lowest BCUT2D eigenvalue weighted by molar-refractivity contribution is -0.140. The largest absolute Gasteiger partial charge is 0.508 e. The molecule has 0 aliphatic carbocycles. The lowest BCUT2D eigenvalue weighted by Crippen LogP contribution is -2.62. The highest BCUT2D eigenvalue weighted by Crippen LogP contribution is 2.30. The smallest absolute Gasteiger partial charge is 0.331 e. The average Bonchev–Trinajstić information content (AvgIpc) is 3.82. The molecule has 330 valence electrons. The number of hydrogen-bond acceptors (Lipinski definition) is 12. The van der Waals surface area contributed by atoms with E-state index in [-0.39, 0.29) is 30.8 Å². The third-order valence-corrected chi connectivity index (χ3v) is 10.1. The summed E-state index contributed by atoms with van der Waals surface area (Å²) < 4.78 is 6.63. The van der Waals surface area contributed by atoms with Crippen LogP contribution in [-0.2, 0) is 41.6 Å². The first-order valence-electron chi connectivity index (χ1n) is 19.3. The van der Waals surface area contributed by atoms with Crippen molar-refractivity contribution in [3.8, 4) is 5.75 Å². The standard InChI is InChI=1S/C40H48N10O12/c1-20(44-39(60)46-29(38(58)59)15-23-18-42-27-10-5-4-9-26(23)27)34(55)48-33(35(56)43-19-25-16-30(52)37(62-25)50-12-11-31(53)47-40(50)61)21(2)49(3)36(57)28(45-32(54)17-41)14-22-7-6-8-24(51)13-22/h4-13,18-21,28-30,33,37,42,51-52H,14-17,41H2,1-3H3,(H,43,56)(H,45,54)(H,48,55)(H,58,59)(H2,44,46,60)(H,47,53,61). The molecule has 2 aromatic carbocycles. The number of carboxylic acids is 1. The van der Waals surface area contributed by atoms with Gasteiger partial charge in [-0.15, -0.1) is 0 Å². The molecule has 1 saturated heterocycles. The van der Waals surface area contributed by atoms with Crippen molar-refractivity contribution in [2.45, 2.75) is 75.7 Å². The van der Waals surface area contributed by atoms with Gasteiger partial charge in [-0.1, -0.05) is 30.3 Å². The van der Waals surface area contributed by atoms with E-state index >= 15 is 0 Å². The predicted octanol–water partition coefficient (Wildman–Crippen LogP) is -1.64. The highest BCUT2D eigenvalue weighted by Gasteiger charge is 2.37. The molecule has 0 saturated carbocycles. The molecule has 62 heavy (non-hydrogen) atoms. The fraction of sp³-hybridized carbons (Fsp3) is 0.350. The zero-order chi connectivity index (χ0) is 45.2. The minimum Gasteiger partial charge on any atom is -0.508 e. The van der Waals surface area contributed by atoms with E-state index < -0.39 is 96.0 Å². The van der Waals surface area contributed by atoms with Crippen LogP contribution in [0.15, 0.2) is 88.5 Å². The van der Waals surface area contributed by atoms with Crippen molar-refractivity contribution >= 4 is 46.5 Å². The number of phenols is 1. The monoisotopic (exact) mass is 860 g/mol. The van der Waals surface area contributed by atoms with Gasteiger partial charge in [0.05, 0.1) is 12.6 Å². The molecule has 7 unspecified atom stereocenters. The quantitative estimate of drug-likeness (QED) is 0.0569. The Kier molecular flexibility index (Phi) is 14.9. The second kappa shape index (κ2) is 20.2. The molecule has 0 radical (unpaired) electrons. The molecule has 1 aliphatic heterocycles. The van der Waals surface area contributed by atoms with Crippen molar-refractivity contribution in [2.75, 3.05) is 13.6 Å². The molecule has 2 aromatic heterocycles. The Morgan fingerprint density at radius 3 is 2.40 bits per heavy atom. The van der Waals surface area contributed by atoms with Crippen LogP contribution in [0, 0.1) is 0 Å². The van der Waals surface area contributed by atoms with Gasteiger partial charge in [-0.3, -0.25) is 33.5 Å². The third kappa shape index (κ3) is 11.4. The summed E-state index contributed by atoms with van der Waals surface area (Å²) in [5.41, 5.74) is 5.86. The van der Waals surface area contributed by atoms with Crippen LogP contribution in [0.5, 0.6) is 5.75 Å². The Morgan fingerprint density at radius 2 is 1.71 bits per heavy atom. The number of hydrogen-bond donors (Lipinski definition) is 11. The van der Waals surface area contributed by atoms with E-state index in [0.29, 0.717) is 11.1 Å². The first-order chi connectivity index (χ1) is 29.4. The van der Waals surface area contributed by atoms with Crippen LogP contribution in [0.4, 0.5) is 4.79 Å². The number of fused-ring (bicyclic) bond motifs is 1. The molecule has 4 aromatic rings. The number of rotatable bonds is 17. The number of nitrogens with two attached hydrogens (primary N) is 1. The molecule has 6 amide bonds. The van der Waals surface area contributed by atoms with Crippen LogP contribution in [0.3, 0.4) is 0 Å². The third-order valence-electron chi connectivity index (χ3n) is 10.1. The molecular weight excluding hydrogens is 812 g/mol. The van der Waals surface area contributed by atoms with Crippen molar-refractivity contribution in [2.24, 2.45) is 5.73 Å². The molecule has 0 spiro atoms. The summed E-state index contributed by atoms with van der Waals surface area (Å²) in [5.74, 6) is -4.67. The van der Waals surface area contributed by atoms with Crippen LogP contribution in [-0.4, -0.2) is 120 Å². The minimum atomic E-state index is -1.59. The van der Waals surface area contributed by atoms with E-state index in [9.17, 15) is 53.7 Å². The number of amides is 6. The Labute approximate surface area is 352 Å². The number of aliphatic hydroxyl groups is 1. The number of H-pyrrole nitrogens is 2. The van der Waals surface area contributed by atoms with Gasteiger partial charge in [-0.25, -0.2) is 14.4 Å². The number of para-hydroxylation sites is 1. The number of aliphatic carboxylic acids is 1. The van der Waals surface area contributed by atoms with Gasteiger partial charge in [0, 0.05) is 61.9 Å². The summed E-state index contributed by atoms with van der Waals surface area (Å²) >= 11 is 0. The summed E-state index contributed by atoms with van der Waals surface area (Å²) in [6.07, 6.45) is 0.907. The topological polar surface area (TPSA) is 332 Å². The average molecular weight is 861 g/mol. The predicted molar refractivity (Wildman–Crippen MR) is 220 cm³/mol. The Morgan fingerprint density at radius 1 is 0.968 bits per heavy atom. The Balaban J connectivity index is 1.34. The number of ether oxygens (including phenoxy) is 1. The maximum atomic E-state index is 14.0. The highest BCUT2D eigenvalue weighted by atomic mass is 16.5. The zero-order valence-electron chi connectivity index (χ0n) is 33.8. The van der Waals surface area contributed by atoms with Gasteiger partial charge < -0.3 is 62.3 Å². The minimum absolute atomic E-state index is 0.000822. The molecule has 1 fully saturated rings. The second-order valence-corrected chi connectivity index (χ2v) is 14.6. The molecular formula is C40H48N10O12. The highest BCUT2D eigenvalue weighted by molar-refractivity contribution is 5.94. The van der Waals surface area contributed by atoms with E-state index in [1.54, 1.807) is 30.5 Å². The van der Waals surface area contributed by atoms with Crippen molar-refractivity contribution in [3.05, 3.63) is 111 Å². The van der Waals surface area contributed by atoms with Crippen LogP contribution < -0.4 is 43.6 Å². The number of nitrogens with zero attached hydrogens (tertiary/aromatic N) is 2. The van der Waals surface area contributed by atoms with Gasteiger partial charge in [0.1, 0.15) is 41.8 Å². The van der Waals surface area contributed by atoms with Crippen molar-refractivity contribution in [3.63, 3.8) is 0 Å². The molecule has 22 heteroatoms. The van der Waals surface area contributed by atoms with Gasteiger partial charge in [-0.05, 0) is 43.2 Å². The summed E-state index contributed by atoms with van der Waals surface area (Å²) in [6, 6.07) is 6.41. The fourth-order valence-corrected chi connectivity index (χ4v) is 6.70. The van der Waals surface area contributed by atoms with E-state index in [1.165, 1.54) is 33.0 Å². The summed E-state index contributed by atoms with van der Waals surface area (Å²) in [4.78, 5) is 109. The van der Waals surface area contributed by atoms with E-state index in [0.717, 1.165) is 38.8 Å². The molecule has 0 bridgehead atoms. The van der Waals surface area contributed by atoms with Gasteiger partial charge in [0.2, 0.25) is 29.9 Å². The van der Waals surface area contributed by atoms with Crippen molar-refractivity contribution in [1.82, 2.24) is 46.0 Å². The van der Waals surface area contributed by atoms with E-state index in [4.69, 9.17) is 10.5 Å². The fourth-order valence-electron chi connectivity index (χ4n) is 6.70. The number of likely N-dealkylation sites (N-methyl/N-ethyl adjacent to an activating group) is 1. The number of aromatic hydroxyl groups is 1. The molecule has 7 atom stereocenters. The van der Waals surface area contributed by atoms with Crippen LogP contribution in [0.1, 0.15) is 37.6 Å². The normalized spacial score (nSPS) is 17.7. The maximum Gasteiger partial charge on any atom is 0.331 e. The number of urea groups is 1. The summed E-state index contributed by atoms with van der Waals surface area (Å²) in [7, 11) is 1.32. The number of carboxylic acid groups (broad SMARTS) is 1. The van der Waals surface area contributed by atoms with Crippen molar-refractivity contribution < 1.29 is 48.8 Å². The van der Waals surface area contributed by atoms with Crippen molar-refractivity contribution in [1.29, 1.82) is 0 Å². The maximum absolute atomic E-state index is 14.0.